The van der Waals surface area contributed by atoms with Crippen LogP contribution in [0.15, 0.2) is 78.9 Å². The Balaban J connectivity index is 0.00000269. The molecular formula is C91H124Cl2F3N11O25. The Labute approximate surface area is 772 Å². The lowest BCUT2D eigenvalue weighted by molar-refractivity contribution is -0.890. The minimum absolute atomic E-state index is 0.0388. The van der Waals surface area contributed by atoms with Crippen LogP contribution in [0, 0.1) is 5.92 Å². The number of halogens is 5. The molecule has 12 rings (SSSR count). The average molecular weight is 1900 g/mol. The van der Waals surface area contributed by atoms with Crippen LogP contribution >= 0.6 is 23.2 Å². The Bertz CT molecular complexity index is 4840. The first-order chi connectivity index (χ1) is 62.3. The summed E-state index contributed by atoms with van der Waals surface area (Å²) < 4.78 is 71.0. The van der Waals surface area contributed by atoms with Crippen molar-refractivity contribution >= 4 is 76.4 Å². The highest BCUT2D eigenvalue weighted by Gasteiger charge is 2.52. The summed E-state index contributed by atoms with van der Waals surface area (Å²) in [6.07, 6.45) is -3.35. The summed E-state index contributed by atoms with van der Waals surface area (Å²) >= 11 is 14.4. The van der Waals surface area contributed by atoms with Crippen molar-refractivity contribution in [2.75, 3.05) is 47.4 Å². The maximum atomic E-state index is 16.4. The molecule has 0 saturated carbocycles. The quantitative estimate of drug-likeness (QED) is 0.0162. The first kappa shape index (κ1) is 106. The fourth-order valence-corrected chi connectivity index (χ4v) is 17.0. The number of quaternary nitrogens is 1. The number of hydrogen-bond donors (Lipinski definition) is 19. The zero-order valence-electron chi connectivity index (χ0n) is 74.9. The number of fused-ring (bicyclic) bond motifs is 15. The van der Waals surface area contributed by atoms with Crippen molar-refractivity contribution in [3.63, 3.8) is 0 Å². The van der Waals surface area contributed by atoms with Gasteiger partial charge < -0.3 is 143 Å². The van der Waals surface area contributed by atoms with Gasteiger partial charge in [-0.1, -0.05) is 152 Å². The molecule has 11 bridgehead atoms. The van der Waals surface area contributed by atoms with Crippen LogP contribution in [-0.4, -0.2) is 236 Å². The van der Waals surface area contributed by atoms with Crippen LogP contribution in [0.1, 0.15) is 221 Å². The number of carboxylic acids is 1. The molecule has 0 unspecified atom stereocenters. The number of aliphatic hydroxyl groups is 6. The van der Waals surface area contributed by atoms with E-state index in [1.54, 1.807) is 0 Å². The first-order valence-corrected chi connectivity index (χ1v) is 45.2. The number of hydrogen-bond acceptors (Lipinski definition) is 27. The molecule has 0 aliphatic carbocycles. The normalized spacial score (nSPS) is 25.4. The summed E-state index contributed by atoms with van der Waals surface area (Å²) in [5.74, 6) is -17.3. The van der Waals surface area contributed by atoms with Crippen molar-refractivity contribution in [3.8, 4) is 57.1 Å². The molecule has 132 heavy (non-hydrogen) atoms. The number of unbranched alkanes of at least 4 members (excludes halogenated alkanes) is 15. The fourth-order valence-electron chi connectivity index (χ4n) is 16.5. The van der Waals surface area contributed by atoms with Crippen molar-refractivity contribution in [2.24, 2.45) is 17.4 Å². The molecule has 7 heterocycles. The number of nitrogens with zero attached hydrogens (tertiary/aromatic N) is 1. The van der Waals surface area contributed by atoms with Gasteiger partial charge in [-0.05, 0) is 128 Å². The Morgan fingerprint density at radius 1 is 0.659 bits per heavy atom. The van der Waals surface area contributed by atoms with Gasteiger partial charge in [0.15, 0.2) is 23.9 Å². The predicted molar refractivity (Wildman–Crippen MR) is 472 cm³/mol. The number of aromatic hydroxyl groups is 3. The third-order valence-corrected chi connectivity index (χ3v) is 24.5. The number of phenols is 3. The topological polar surface area (TPSA) is 562 Å². The number of aliphatic carboxylic acids is 1. The first-order valence-electron chi connectivity index (χ1n) is 44.5. The van der Waals surface area contributed by atoms with Gasteiger partial charge in [-0.25, -0.2) is 0 Å². The van der Waals surface area contributed by atoms with E-state index in [0.717, 1.165) is 80.4 Å². The van der Waals surface area contributed by atoms with Gasteiger partial charge in [-0.15, -0.1) is 0 Å². The zero-order chi connectivity index (χ0) is 97.0. The summed E-state index contributed by atoms with van der Waals surface area (Å²) in [6.45, 7) is 9.48. The molecule has 0 radical (unpaired) electrons. The smallest absolute Gasteiger partial charge is 0.430 e. The maximum Gasteiger partial charge on any atom is 0.430 e. The van der Waals surface area contributed by atoms with E-state index in [0.29, 0.717) is 17.4 Å². The molecule has 7 aliphatic rings. The van der Waals surface area contributed by atoms with Gasteiger partial charge in [-0.3, -0.25) is 38.4 Å². The van der Waals surface area contributed by atoms with E-state index in [1.807, 2.05) is 13.8 Å². The highest BCUT2D eigenvalue weighted by Crippen LogP contribution is 2.50. The number of rotatable bonds is 34. The van der Waals surface area contributed by atoms with E-state index >= 15 is 28.8 Å². The van der Waals surface area contributed by atoms with Crippen molar-refractivity contribution in [1.29, 1.82) is 0 Å². The summed E-state index contributed by atoms with van der Waals surface area (Å²) in [6, 6.07) is 0.760. The van der Waals surface area contributed by atoms with Crippen LogP contribution < -0.4 is 73.3 Å². The van der Waals surface area contributed by atoms with Crippen LogP contribution in [-0.2, 0) is 57.4 Å². The second-order valence-electron chi connectivity index (χ2n) is 35.5. The van der Waals surface area contributed by atoms with Crippen molar-refractivity contribution < 1.29 is 140 Å². The molecule has 728 valence electrons. The number of aliphatic hydroxyl groups excluding tert-OH is 6. The number of likely N-dealkylation sites (N-methyl/N-ethyl adjacent to an activating group) is 1. The number of carboxylic acid groups (broad SMARTS) is 1. The lowest BCUT2D eigenvalue weighted by Gasteiger charge is -2.47. The van der Waals surface area contributed by atoms with Gasteiger partial charge in [0.25, 0.3) is 0 Å². The molecule has 2 saturated heterocycles. The lowest BCUT2D eigenvalue weighted by Crippen LogP contribution is -2.64. The summed E-state index contributed by atoms with van der Waals surface area (Å²) in [4.78, 5) is 130. The number of benzene rings is 5. The number of nitrogens with one attached hydrogen (secondary N) is 8. The van der Waals surface area contributed by atoms with Crippen LogP contribution in [0.4, 0.5) is 13.2 Å². The number of primary amides is 1. The molecule has 41 heteroatoms. The molecule has 2 fully saturated rings. The van der Waals surface area contributed by atoms with Crippen LogP contribution in [0.5, 0.6) is 46.0 Å². The summed E-state index contributed by atoms with van der Waals surface area (Å²) in [5.41, 5.74) is 8.84. The van der Waals surface area contributed by atoms with Crippen LogP contribution in [0.3, 0.4) is 0 Å². The Kier molecular flexibility index (Phi) is 38.3. The second-order valence-corrected chi connectivity index (χ2v) is 36.3. The molecular weight excluding hydrogens is 1770 g/mol. The summed E-state index contributed by atoms with van der Waals surface area (Å²) in [7, 11) is 5.67. The molecule has 0 aromatic heterocycles. The maximum absolute atomic E-state index is 16.4. The SMILES string of the molecule is CCCCCCCCCCCCCCCCCC[N+](C)(C)CCCNC(=O)[C@H]1NC(=O)[C@H]2NC(=O)[C@H](NC(=O)[C@@H]3NC(=O)[C@H](CC(N)=O)NC(=O)[C@H](NC(=O)[C@@H](CC(C)C)NC)[C@H](O)c4ccc(c(Cl)c4)Oc4cc3cc(c4O[C@@H]3O[C@H](CO)[C@@H](O)[C@H](O)[C@H]3O[C@H]3C[C@](C)(N)[C@H](O)[C@H](C)O3)Oc3ccc(cc3Cl)[C@H]2O)c2ccc(O)c(c2)-c2c(O)cc(O)cc21.O=C([O-])C(F)(F)F. The Hall–Kier alpha value is -9.98. The molecule has 5 aromatic carbocycles. The van der Waals surface area contributed by atoms with E-state index in [9.17, 15) is 68.7 Å². The summed E-state index contributed by atoms with van der Waals surface area (Å²) in [5, 5.41) is 135. The van der Waals surface area contributed by atoms with Crippen molar-refractivity contribution in [2.45, 2.75) is 278 Å². The lowest BCUT2D eigenvalue weighted by atomic mass is 9.86. The van der Waals surface area contributed by atoms with E-state index in [2.05, 4.69) is 63.6 Å². The fraction of sp³-hybridized carbons (Fsp3) is 0.571. The third-order valence-electron chi connectivity index (χ3n) is 23.9. The van der Waals surface area contributed by atoms with Crippen LogP contribution in [0.25, 0.3) is 11.1 Å². The molecule has 21 N–H and O–H groups in total. The average Bonchev–Trinajstić information content (AvgIpc) is 0.763. The second kappa shape index (κ2) is 47.8. The highest BCUT2D eigenvalue weighted by atomic mass is 35.5. The van der Waals surface area contributed by atoms with E-state index in [-0.39, 0.29) is 75.2 Å². The van der Waals surface area contributed by atoms with Gasteiger partial charge in [0, 0.05) is 42.1 Å². The molecule has 8 amide bonds. The van der Waals surface area contributed by atoms with Gasteiger partial charge in [0.05, 0.1) is 68.5 Å². The number of alkyl halides is 3. The van der Waals surface area contributed by atoms with E-state index < -0.39 is 227 Å². The van der Waals surface area contributed by atoms with Crippen LogP contribution in [0.2, 0.25) is 10.0 Å². The number of carbonyl (C=O) groups excluding carboxylic acids is 9. The van der Waals surface area contributed by atoms with E-state index in [1.165, 1.54) is 129 Å². The van der Waals surface area contributed by atoms with Gasteiger partial charge >= 0.3 is 6.18 Å². The minimum atomic E-state index is -5.19. The molecule has 0 spiro atoms. The van der Waals surface area contributed by atoms with Gasteiger partial charge in [0.2, 0.25) is 59.3 Å². The number of phenolic OH excluding ortho intramolecular Hbond substituents is 3. The number of carbonyl (C=O) groups is 9. The molecule has 7 aliphatic heterocycles. The van der Waals surface area contributed by atoms with Gasteiger partial charge in [0.1, 0.15) is 101 Å². The number of amides is 8. The molecule has 18 atom stereocenters. The molecule has 36 nitrogen and oxygen atoms in total. The highest BCUT2D eigenvalue weighted by molar-refractivity contribution is 6.32. The standard InChI is InChI=1S/C89H123Cl2N11O23.C2HF3O2/c1-9-10-11-12-13-14-15-16-17-18-19-20-21-22-23-24-33-102(7,8)34-25-32-95-83(115)71-54-41-52(104)42-60(106)68(54)53-36-48(26-29-59(53)105)69-84(116)101-73(87(119)99-71)75(109)50-28-31-62(56(91)38-50)122-64-40-51-39-63(78(64)125-88-79(77(111)76(110)65(45-103)123-88)124-67-44-89(5,93)80(112)47(4)120-67)121-61-30-27-49(37-55(61)90)74(108)72(100-81(113)57(94-6)35-46(2)3)86(118)96-58(43-66(92)107)82(114)97-70(51)85(117)98-69;3-2(4,5)1(6)7/h26-31,36-42,46-47,57-58,65,67,69-77,79-80,88,94,103,108-112H,9-25,32-35,43-45,93H2,1-8H3,(H11-,92,95,96,97,98,99,100,101,104,105,106,107,113,114,115,116,117,118,119);(H,6,7)/t47-,57+,58-,65+,67-,69+,70+,71-,72+,73-,74+,75+,76+,77-,79+,80+,88-,89-;/m0./s1. The van der Waals surface area contributed by atoms with Crippen molar-refractivity contribution in [1.82, 2.24) is 42.5 Å². The predicted octanol–water partition coefficient (Wildman–Crippen LogP) is 6.16. The Morgan fingerprint density at radius 3 is 1.73 bits per heavy atom. The Morgan fingerprint density at radius 2 is 1.20 bits per heavy atom. The third kappa shape index (κ3) is 28.3. The number of nitrogens with two attached hydrogens (primary N) is 2. The van der Waals surface area contributed by atoms with Crippen molar-refractivity contribution in [3.05, 3.63) is 117 Å². The largest absolute Gasteiger partial charge is 0.542 e. The van der Waals surface area contributed by atoms with Gasteiger partial charge in [-0.2, -0.15) is 13.2 Å². The minimum Gasteiger partial charge on any atom is -0.542 e. The number of ether oxygens (including phenoxy) is 6. The molecule has 5 aromatic rings. The monoisotopic (exact) mass is 1900 g/mol. The van der Waals surface area contributed by atoms with E-state index in [4.69, 9.17) is 73.0 Å². The zero-order valence-corrected chi connectivity index (χ0v) is 76.4.